The molecular weight excluding hydrogens is 562 g/mol. The molecule has 0 spiro atoms. The van der Waals surface area contributed by atoms with Crippen molar-refractivity contribution in [3.05, 3.63) is 77.3 Å². The third-order valence-electron chi connectivity index (χ3n) is 5.23. The minimum Gasteiger partial charge on any atom is -0.325 e. The van der Waals surface area contributed by atoms with Gasteiger partial charge in [-0.25, -0.2) is 4.98 Å². The SMILES string of the molecule is Cc1ccc(Cl)cc1NC(=O)CSc1nc2ccc(NC(=O)CSc3nnnn3-c3ccccc3)cc2s1. The van der Waals surface area contributed by atoms with Crippen molar-refractivity contribution in [3.8, 4) is 5.69 Å². The molecule has 0 aliphatic carbocycles. The first-order chi connectivity index (χ1) is 18.4. The van der Waals surface area contributed by atoms with Gasteiger partial charge >= 0.3 is 0 Å². The number of hydrogen-bond acceptors (Lipinski definition) is 9. The van der Waals surface area contributed by atoms with Crippen molar-refractivity contribution in [1.29, 1.82) is 0 Å². The molecule has 9 nitrogen and oxygen atoms in total. The Morgan fingerprint density at radius 1 is 0.974 bits per heavy atom. The highest BCUT2D eigenvalue weighted by Crippen LogP contribution is 2.32. The molecule has 0 unspecified atom stereocenters. The molecule has 2 N–H and O–H groups in total. The largest absolute Gasteiger partial charge is 0.325 e. The fourth-order valence-electron chi connectivity index (χ4n) is 3.41. The van der Waals surface area contributed by atoms with Gasteiger partial charge in [-0.15, -0.1) is 16.4 Å². The van der Waals surface area contributed by atoms with Crippen LogP contribution in [0.25, 0.3) is 15.9 Å². The Bertz CT molecular complexity index is 1610. The molecule has 0 radical (unpaired) electrons. The van der Waals surface area contributed by atoms with Crippen molar-refractivity contribution in [2.24, 2.45) is 0 Å². The molecule has 5 rings (SSSR count). The lowest BCUT2D eigenvalue weighted by atomic mass is 10.2. The minimum atomic E-state index is -0.177. The average molecular weight is 582 g/mol. The Kier molecular flexibility index (Phi) is 8.23. The lowest BCUT2D eigenvalue weighted by molar-refractivity contribution is -0.114. The van der Waals surface area contributed by atoms with Gasteiger partial charge < -0.3 is 10.6 Å². The Hall–Kier alpha value is -3.45. The number of nitrogens with one attached hydrogen (secondary N) is 2. The van der Waals surface area contributed by atoms with Crippen LogP contribution in [0.15, 0.2) is 76.2 Å². The van der Waals surface area contributed by atoms with Crippen LogP contribution in [0.4, 0.5) is 11.4 Å². The maximum Gasteiger partial charge on any atom is 0.234 e. The quantitative estimate of drug-likeness (QED) is 0.213. The van der Waals surface area contributed by atoms with Crippen LogP contribution in [-0.4, -0.2) is 48.5 Å². The minimum absolute atomic E-state index is 0.136. The number of carbonyl (C=O) groups is 2. The predicted molar refractivity (Wildman–Crippen MR) is 154 cm³/mol. The van der Waals surface area contributed by atoms with Crippen LogP contribution in [0, 0.1) is 6.92 Å². The van der Waals surface area contributed by atoms with Crippen LogP contribution in [0.3, 0.4) is 0 Å². The first kappa shape index (κ1) is 26.2. The van der Waals surface area contributed by atoms with Gasteiger partial charge in [0.1, 0.15) is 0 Å². The molecule has 3 aromatic carbocycles. The number of nitrogens with zero attached hydrogens (tertiary/aromatic N) is 5. The normalized spacial score (nSPS) is 11.0. The fraction of sp³-hybridized carbons (Fsp3) is 0.120. The molecule has 0 fully saturated rings. The molecule has 0 aliphatic rings. The van der Waals surface area contributed by atoms with Gasteiger partial charge in [-0.1, -0.05) is 59.4 Å². The van der Waals surface area contributed by atoms with E-state index in [-0.39, 0.29) is 23.3 Å². The number of anilines is 2. The van der Waals surface area contributed by atoms with Gasteiger partial charge in [-0.05, 0) is 65.4 Å². The highest BCUT2D eigenvalue weighted by Gasteiger charge is 2.13. The Balaban J connectivity index is 1.16. The van der Waals surface area contributed by atoms with E-state index < -0.39 is 0 Å². The Morgan fingerprint density at radius 3 is 2.61 bits per heavy atom. The molecule has 2 aromatic heterocycles. The summed E-state index contributed by atoms with van der Waals surface area (Å²) >= 11 is 10.1. The molecule has 5 aromatic rings. The second-order valence-corrected chi connectivity index (χ2v) is 11.6. The van der Waals surface area contributed by atoms with Crippen LogP contribution < -0.4 is 10.6 Å². The van der Waals surface area contributed by atoms with Crippen LogP contribution in [0.1, 0.15) is 5.56 Å². The number of thiazole rings is 1. The number of amides is 2. The van der Waals surface area contributed by atoms with Crippen LogP contribution in [0.2, 0.25) is 5.02 Å². The molecule has 0 saturated carbocycles. The molecule has 0 atom stereocenters. The monoisotopic (exact) mass is 581 g/mol. The molecule has 192 valence electrons. The Labute approximate surface area is 235 Å². The highest BCUT2D eigenvalue weighted by atomic mass is 35.5. The van der Waals surface area contributed by atoms with Gasteiger partial charge in [-0.3, -0.25) is 9.59 Å². The molecule has 0 bridgehead atoms. The van der Waals surface area contributed by atoms with E-state index in [0.717, 1.165) is 25.8 Å². The molecule has 0 saturated heterocycles. The topological polar surface area (TPSA) is 115 Å². The van der Waals surface area contributed by atoms with E-state index in [0.29, 0.717) is 21.6 Å². The molecule has 38 heavy (non-hydrogen) atoms. The van der Waals surface area contributed by atoms with Crippen molar-refractivity contribution >= 4 is 79.9 Å². The number of para-hydroxylation sites is 1. The van der Waals surface area contributed by atoms with Crippen LogP contribution in [-0.2, 0) is 9.59 Å². The first-order valence-corrected chi connectivity index (χ1v) is 14.5. The number of carbonyl (C=O) groups excluding carboxylic acids is 2. The number of thioether (sulfide) groups is 2. The van der Waals surface area contributed by atoms with Gasteiger partial charge in [0.05, 0.1) is 27.4 Å². The summed E-state index contributed by atoms with van der Waals surface area (Å²) in [6.07, 6.45) is 0. The summed E-state index contributed by atoms with van der Waals surface area (Å²) in [7, 11) is 0. The van der Waals surface area contributed by atoms with E-state index >= 15 is 0 Å². The van der Waals surface area contributed by atoms with Crippen molar-refractivity contribution in [3.63, 3.8) is 0 Å². The maximum atomic E-state index is 12.6. The standard InChI is InChI=1S/C25H20ClN7O2S3/c1-15-7-8-16(26)11-20(15)28-23(35)14-37-25-29-19-10-9-17(12-21(19)38-25)27-22(34)13-36-24-30-31-32-33(24)18-5-3-2-4-6-18/h2-12H,13-14H2,1H3,(H,27,34)(H,28,35). The highest BCUT2D eigenvalue weighted by molar-refractivity contribution is 8.01. The van der Waals surface area contributed by atoms with E-state index in [4.69, 9.17) is 11.6 Å². The zero-order chi connectivity index (χ0) is 26.5. The number of hydrogen-bond donors (Lipinski definition) is 2. The number of tetrazole rings is 1. The van der Waals surface area contributed by atoms with Gasteiger partial charge in [0.25, 0.3) is 0 Å². The van der Waals surface area contributed by atoms with Crippen LogP contribution >= 0.6 is 46.5 Å². The maximum absolute atomic E-state index is 12.6. The van der Waals surface area contributed by atoms with E-state index in [1.165, 1.54) is 34.9 Å². The van der Waals surface area contributed by atoms with Crippen molar-refractivity contribution < 1.29 is 9.59 Å². The smallest absolute Gasteiger partial charge is 0.234 e. The van der Waals surface area contributed by atoms with Gasteiger partial charge in [0.2, 0.25) is 17.0 Å². The second-order valence-electron chi connectivity index (χ2n) is 8.00. The third-order valence-corrected chi connectivity index (χ3v) is 8.54. The second kappa shape index (κ2) is 11.9. The first-order valence-electron chi connectivity index (χ1n) is 11.3. The summed E-state index contributed by atoms with van der Waals surface area (Å²) in [4.78, 5) is 29.6. The van der Waals surface area contributed by atoms with Gasteiger partial charge in [0, 0.05) is 16.4 Å². The molecular formula is C25H20ClN7O2S3. The fourth-order valence-corrected chi connectivity index (χ4v) is 6.18. The molecule has 13 heteroatoms. The molecule has 0 aliphatic heterocycles. The number of benzene rings is 3. The molecule has 2 amide bonds. The number of aryl methyl sites for hydroxylation is 1. The summed E-state index contributed by atoms with van der Waals surface area (Å²) in [6, 6.07) is 20.4. The zero-order valence-electron chi connectivity index (χ0n) is 19.9. The zero-order valence-corrected chi connectivity index (χ0v) is 23.1. The predicted octanol–water partition coefficient (Wildman–Crippen LogP) is 5.70. The summed E-state index contributed by atoms with van der Waals surface area (Å²) in [5, 5.41) is 18.6. The third kappa shape index (κ3) is 6.51. The summed E-state index contributed by atoms with van der Waals surface area (Å²) < 4.78 is 3.28. The number of aromatic nitrogens is 5. The number of halogens is 1. The van der Waals surface area contributed by atoms with Crippen LogP contribution in [0.5, 0.6) is 0 Å². The van der Waals surface area contributed by atoms with Gasteiger partial charge in [-0.2, -0.15) is 4.68 Å². The number of fused-ring (bicyclic) bond motifs is 1. The van der Waals surface area contributed by atoms with E-state index in [9.17, 15) is 9.59 Å². The number of rotatable bonds is 9. The lowest BCUT2D eigenvalue weighted by Gasteiger charge is -2.08. The van der Waals surface area contributed by atoms with E-state index in [1.807, 2.05) is 61.5 Å². The van der Waals surface area contributed by atoms with Crippen molar-refractivity contribution in [2.75, 3.05) is 22.1 Å². The average Bonchev–Trinajstić information content (AvgIpc) is 3.55. The Morgan fingerprint density at radius 2 is 1.76 bits per heavy atom. The van der Waals surface area contributed by atoms with E-state index in [2.05, 4.69) is 31.1 Å². The van der Waals surface area contributed by atoms with Crippen molar-refractivity contribution in [2.45, 2.75) is 16.4 Å². The lowest BCUT2D eigenvalue weighted by Crippen LogP contribution is -2.14. The summed E-state index contributed by atoms with van der Waals surface area (Å²) in [5.74, 6) is 0.0538. The van der Waals surface area contributed by atoms with Gasteiger partial charge in [0.15, 0.2) is 4.34 Å². The molecule has 2 heterocycles. The van der Waals surface area contributed by atoms with E-state index in [1.54, 1.807) is 16.8 Å². The summed E-state index contributed by atoms with van der Waals surface area (Å²) in [6.45, 7) is 1.91. The van der Waals surface area contributed by atoms with Crippen molar-refractivity contribution in [1.82, 2.24) is 25.2 Å². The summed E-state index contributed by atoms with van der Waals surface area (Å²) in [5.41, 5.74) is 3.93.